The van der Waals surface area contributed by atoms with E-state index in [9.17, 15) is 14.4 Å². The summed E-state index contributed by atoms with van der Waals surface area (Å²) in [6.07, 6.45) is 4.60. The molecule has 1 aliphatic rings. The minimum absolute atomic E-state index is 0.00638. The van der Waals surface area contributed by atoms with Crippen LogP contribution in [0.4, 0.5) is 5.69 Å². The number of hydrogen-bond acceptors (Lipinski definition) is 5. The molecule has 1 fully saturated rings. The van der Waals surface area contributed by atoms with Crippen LogP contribution in [0.25, 0.3) is 0 Å². The number of methoxy groups -OCH3 is 1. The predicted octanol–water partition coefficient (Wildman–Crippen LogP) is 3.51. The molecule has 180 valence electrons. The molecule has 1 saturated heterocycles. The van der Waals surface area contributed by atoms with E-state index in [2.05, 4.69) is 15.6 Å². The average molecular weight is 473 g/mol. The minimum atomic E-state index is -0.308. The summed E-state index contributed by atoms with van der Waals surface area (Å²) in [6.45, 7) is 1.39. The van der Waals surface area contributed by atoms with E-state index in [1.165, 1.54) is 0 Å². The van der Waals surface area contributed by atoms with Crippen LogP contribution in [0.15, 0.2) is 73.1 Å². The summed E-state index contributed by atoms with van der Waals surface area (Å²) in [5.41, 5.74) is 2.29. The largest absolute Gasteiger partial charge is 0.497 e. The Morgan fingerprint density at radius 3 is 2.43 bits per heavy atom. The number of nitrogens with one attached hydrogen (secondary N) is 2. The Bertz CT molecular complexity index is 1170. The van der Waals surface area contributed by atoms with E-state index in [-0.39, 0.29) is 23.6 Å². The first kappa shape index (κ1) is 23.9. The summed E-state index contributed by atoms with van der Waals surface area (Å²) < 4.78 is 5.13. The fraction of sp³-hybridized carbons (Fsp3) is 0.259. The summed E-state index contributed by atoms with van der Waals surface area (Å²) in [5, 5.41) is 5.81. The topological polar surface area (TPSA) is 101 Å². The van der Waals surface area contributed by atoms with Crippen LogP contribution in [0.1, 0.15) is 39.1 Å². The molecule has 1 aromatic heterocycles. The number of nitrogens with zero attached hydrogens (tertiary/aromatic N) is 2. The van der Waals surface area contributed by atoms with Gasteiger partial charge in [-0.1, -0.05) is 18.2 Å². The van der Waals surface area contributed by atoms with Gasteiger partial charge in [-0.3, -0.25) is 19.4 Å². The Labute approximate surface area is 204 Å². The molecule has 2 aromatic carbocycles. The molecule has 0 bridgehead atoms. The van der Waals surface area contributed by atoms with Gasteiger partial charge in [-0.25, -0.2) is 0 Å². The van der Waals surface area contributed by atoms with E-state index in [0.29, 0.717) is 55.0 Å². The number of para-hydroxylation sites is 1. The van der Waals surface area contributed by atoms with Crippen molar-refractivity contribution in [2.45, 2.75) is 19.4 Å². The van der Waals surface area contributed by atoms with Gasteiger partial charge in [0.15, 0.2) is 0 Å². The van der Waals surface area contributed by atoms with Crippen molar-refractivity contribution in [3.8, 4) is 5.75 Å². The second kappa shape index (κ2) is 11.3. The number of amides is 3. The number of pyridine rings is 1. The number of rotatable bonds is 7. The monoisotopic (exact) mass is 472 g/mol. The third-order valence-electron chi connectivity index (χ3n) is 6.10. The molecular weight excluding hydrogens is 444 g/mol. The van der Waals surface area contributed by atoms with Gasteiger partial charge in [0.1, 0.15) is 5.75 Å². The van der Waals surface area contributed by atoms with Crippen molar-refractivity contribution in [3.63, 3.8) is 0 Å². The molecule has 8 nitrogen and oxygen atoms in total. The Kier molecular flexibility index (Phi) is 7.72. The van der Waals surface area contributed by atoms with Crippen molar-refractivity contribution >= 4 is 23.4 Å². The molecule has 0 saturated carbocycles. The maximum Gasteiger partial charge on any atom is 0.255 e. The number of benzene rings is 2. The Morgan fingerprint density at radius 1 is 1.00 bits per heavy atom. The zero-order chi connectivity index (χ0) is 24.6. The molecule has 0 radical (unpaired) electrons. The number of carbonyl (C=O) groups is 3. The van der Waals surface area contributed by atoms with E-state index in [0.717, 1.165) is 5.56 Å². The number of carbonyl (C=O) groups excluding carboxylic acids is 3. The van der Waals surface area contributed by atoms with Crippen LogP contribution in [-0.2, 0) is 11.3 Å². The highest BCUT2D eigenvalue weighted by molar-refractivity contribution is 6.09. The first-order valence-electron chi connectivity index (χ1n) is 11.6. The third kappa shape index (κ3) is 6.03. The third-order valence-corrected chi connectivity index (χ3v) is 6.10. The van der Waals surface area contributed by atoms with E-state index < -0.39 is 0 Å². The normalized spacial score (nSPS) is 13.7. The fourth-order valence-electron chi connectivity index (χ4n) is 4.07. The highest BCUT2D eigenvalue weighted by Crippen LogP contribution is 2.23. The lowest BCUT2D eigenvalue weighted by Crippen LogP contribution is -2.43. The molecule has 35 heavy (non-hydrogen) atoms. The van der Waals surface area contributed by atoms with Gasteiger partial charge in [0.2, 0.25) is 5.91 Å². The van der Waals surface area contributed by atoms with Crippen LogP contribution < -0.4 is 15.4 Å². The standard InChI is InChI=1S/C27H28N4O4/c1-35-22-10-8-20(9-11-22)26(33)30-24-7-3-2-6-23(24)27(34)31-15-12-21(13-16-31)25(32)29-18-19-5-4-14-28-17-19/h2-11,14,17,21H,12-13,15-16,18H2,1H3,(H,29,32)(H,30,33). The number of likely N-dealkylation sites (tertiary alicyclic amines) is 1. The molecule has 2 N–H and O–H groups in total. The lowest BCUT2D eigenvalue weighted by molar-refractivity contribution is -0.126. The molecule has 0 aliphatic carbocycles. The summed E-state index contributed by atoms with van der Waals surface area (Å²) in [4.78, 5) is 44.4. The highest BCUT2D eigenvalue weighted by Gasteiger charge is 2.28. The van der Waals surface area contributed by atoms with E-state index in [1.54, 1.807) is 72.9 Å². The van der Waals surface area contributed by atoms with Gasteiger partial charge in [-0.2, -0.15) is 0 Å². The molecule has 0 atom stereocenters. The molecule has 0 unspecified atom stereocenters. The maximum absolute atomic E-state index is 13.3. The van der Waals surface area contributed by atoms with Gasteiger partial charge in [0.05, 0.1) is 18.4 Å². The van der Waals surface area contributed by atoms with Crippen molar-refractivity contribution < 1.29 is 19.1 Å². The van der Waals surface area contributed by atoms with Crippen molar-refractivity contribution in [3.05, 3.63) is 89.7 Å². The maximum atomic E-state index is 13.3. The molecule has 2 heterocycles. The number of aromatic nitrogens is 1. The second-order valence-electron chi connectivity index (χ2n) is 8.37. The van der Waals surface area contributed by atoms with E-state index in [4.69, 9.17) is 4.74 Å². The van der Waals surface area contributed by atoms with Crippen LogP contribution in [0, 0.1) is 5.92 Å². The SMILES string of the molecule is COc1ccc(C(=O)Nc2ccccc2C(=O)N2CCC(C(=O)NCc3cccnc3)CC2)cc1. The van der Waals surface area contributed by atoms with Crippen LogP contribution in [0.3, 0.4) is 0 Å². The summed E-state index contributed by atoms with van der Waals surface area (Å²) >= 11 is 0. The molecule has 1 aliphatic heterocycles. The molecular formula is C27H28N4O4. The second-order valence-corrected chi connectivity index (χ2v) is 8.37. The van der Waals surface area contributed by atoms with Crippen LogP contribution in [0.5, 0.6) is 5.75 Å². The minimum Gasteiger partial charge on any atom is -0.497 e. The number of piperidine rings is 1. The Balaban J connectivity index is 1.34. The van der Waals surface area contributed by atoms with Gasteiger partial charge >= 0.3 is 0 Å². The number of ether oxygens (including phenoxy) is 1. The van der Waals surface area contributed by atoms with Crippen molar-refractivity contribution in [1.29, 1.82) is 0 Å². The van der Waals surface area contributed by atoms with Crippen LogP contribution >= 0.6 is 0 Å². The Hall–Kier alpha value is -4.20. The van der Waals surface area contributed by atoms with Crippen molar-refractivity contribution in [2.24, 2.45) is 5.92 Å². The Morgan fingerprint density at radius 2 is 1.74 bits per heavy atom. The van der Waals surface area contributed by atoms with E-state index in [1.807, 2.05) is 12.1 Å². The first-order chi connectivity index (χ1) is 17.0. The highest BCUT2D eigenvalue weighted by atomic mass is 16.5. The quantitative estimate of drug-likeness (QED) is 0.548. The van der Waals surface area contributed by atoms with Crippen molar-refractivity contribution in [2.75, 3.05) is 25.5 Å². The zero-order valence-electron chi connectivity index (χ0n) is 19.6. The zero-order valence-corrected chi connectivity index (χ0v) is 19.6. The van der Waals surface area contributed by atoms with E-state index >= 15 is 0 Å². The molecule has 3 amide bonds. The number of hydrogen-bond donors (Lipinski definition) is 2. The van der Waals surface area contributed by atoms with Crippen LogP contribution in [0.2, 0.25) is 0 Å². The molecule has 8 heteroatoms. The summed E-state index contributed by atoms with van der Waals surface area (Å²) in [6, 6.07) is 17.5. The van der Waals surface area contributed by atoms with Gasteiger partial charge in [0, 0.05) is 43.5 Å². The molecule has 4 rings (SSSR count). The average Bonchev–Trinajstić information content (AvgIpc) is 2.92. The molecule has 3 aromatic rings. The summed E-state index contributed by atoms with van der Waals surface area (Å²) in [7, 11) is 1.56. The summed E-state index contributed by atoms with van der Waals surface area (Å²) in [5.74, 6) is 0.0434. The van der Waals surface area contributed by atoms with Crippen molar-refractivity contribution in [1.82, 2.24) is 15.2 Å². The lowest BCUT2D eigenvalue weighted by Gasteiger charge is -2.32. The first-order valence-corrected chi connectivity index (χ1v) is 11.6. The lowest BCUT2D eigenvalue weighted by atomic mass is 9.95. The van der Waals surface area contributed by atoms with Gasteiger partial charge < -0.3 is 20.3 Å². The van der Waals surface area contributed by atoms with Gasteiger partial charge in [-0.15, -0.1) is 0 Å². The molecule has 0 spiro atoms. The smallest absolute Gasteiger partial charge is 0.255 e. The fourth-order valence-corrected chi connectivity index (χ4v) is 4.07. The van der Waals surface area contributed by atoms with Gasteiger partial charge in [0.25, 0.3) is 11.8 Å². The van der Waals surface area contributed by atoms with Crippen LogP contribution in [-0.4, -0.2) is 47.8 Å². The number of anilines is 1. The van der Waals surface area contributed by atoms with Gasteiger partial charge in [-0.05, 0) is 60.9 Å². The predicted molar refractivity (Wildman–Crippen MR) is 132 cm³/mol.